The highest BCUT2D eigenvalue weighted by atomic mass is 32.2. The van der Waals surface area contributed by atoms with Crippen molar-refractivity contribution in [1.82, 2.24) is 0 Å². The summed E-state index contributed by atoms with van der Waals surface area (Å²) in [4.78, 5) is 11.5. The Labute approximate surface area is 169 Å². The van der Waals surface area contributed by atoms with E-state index < -0.39 is 41.2 Å². The number of Topliss-reactive ketones (excluding diaryl/α,β-unsaturated/α-hetero) is 1. The highest BCUT2D eigenvalue weighted by molar-refractivity contribution is 7.94. The van der Waals surface area contributed by atoms with E-state index in [2.05, 4.69) is 11.8 Å². The van der Waals surface area contributed by atoms with E-state index in [1.54, 1.807) is 6.07 Å². The van der Waals surface area contributed by atoms with Crippen LogP contribution in [0.3, 0.4) is 0 Å². The summed E-state index contributed by atoms with van der Waals surface area (Å²) in [5, 5.41) is 5.10. The Hall–Kier alpha value is -2.67. The van der Waals surface area contributed by atoms with E-state index in [1.165, 1.54) is 31.4 Å². The molecule has 1 aliphatic carbocycles. The van der Waals surface area contributed by atoms with E-state index >= 15 is 0 Å². The van der Waals surface area contributed by atoms with Crippen LogP contribution in [-0.4, -0.2) is 35.5 Å². The second kappa shape index (κ2) is 7.99. The van der Waals surface area contributed by atoms with Gasteiger partial charge < -0.3 is 4.74 Å². The van der Waals surface area contributed by atoms with Crippen LogP contribution in [0.15, 0.2) is 52.3 Å². The Morgan fingerprint density at radius 3 is 2.34 bits per heavy atom. The zero-order valence-electron chi connectivity index (χ0n) is 15.6. The number of primary sulfonamides is 1. The van der Waals surface area contributed by atoms with Crippen LogP contribution in [0.25, 0.3) is 0 Å². The van der Waals surface area contributed by atoms with Gasteiger partial charge in [0, 0.05) is 11.5 Å². The second-order valence-corrected chi connectivity index (χ2v) is 10.1. The summed E-state index contributed by atoms with van der Waals surface area (Å²) in [5.74, 6) is 5.26. The molecule has 152 valence electrons. The molecule has 0 aliphatic heterocycles. The summed E-state index contributed by atoms with van der Waals surface area (Å²) in [7, 11) is -7.07. The standard InChI is InChI=1S/C20H19NO6S2/c1-27-18-12-16(11-10-15(18)9-8-14-6-7-14)17(22)13-28(23,24)19-4-2-3-5-20(19)29(21,25)26/h2-5,10-12,14H,6-7,13H2,1H3,(H2,21,25,26). The van der Waals surface area contributed by atoms with Gasteiger partial charge in [0.05, 0.1) is 17.6 Å². The molecule has 7 nitrogen and oxygen atoms in total. The largest absolute Gasteiger partial charge is 0.495 e. The number of benzene rings is 2. The first-order chi connectivity index (χ1) is 13.6. The predicted molar refractivity (Wildman–Crippen MR) is 107 cm³/mol. The van der Waals surface area contributed by atoms with E-state index in [4.69, 9.17) is 9.88 Å². The molecule has 2 aromatic carbocycles. The maximum absolute atomic E-state index is 12.7. The summed E-state index contributed by atoms with van der Waals surface area (Å²) in [6.07, 6.45) is 2.15. The van der Waals surface area contributed by atoms with Crippen molar-refractivity contribution in [3.63, 3.8) is 0 Å². The Kier molecular flexibility index (Phi) is 5.80. The van der Waals surface area contributed by atoms with Crippen LogP contribution in [0.1, 0.15) is 28.8 Å². The number of sulfonamides is 1. The van der Waals surface area contributed by atoms with Crippen molar-refractivity contribution in [2.45, 2.75) is 22.6 Å². The van der Waals surface area contributed by atoms with Crippen molar-refractivity contribution < 1.29 is 26.4 Å². The number of methoxy groups -OCH3 is 1. The van der Waals surface area contributed by atoms with Crippen LogP contribution in [0.4, 0.5) is 0 Å². The first kappa shape index (κ1) is 21.0. The monoisotopic (exact) mass is 433 g/mol. The van der Waals surface area contributed by atoms with Crippen molar-refractivity contribution in [2.75, 3.05) is 12.9 Å². The van der Waals surface area contributed by atoms with E-state index in [-0.39, 0.29) is 5.56 Å². The minimum absolute atomic E-state index is 0.121. The lowest BCUT2D eigenvalue weighted by Gasteiger charge is -2.10. The SMILES string of the molecule is COc1cc(C(=O)CS(=O)(=O)c2ccccc2S(N)(=O)=O)ccc1C#CC1CC1. The van der Waals surface area contributed by atoms with Gasteiger partial charge in [-0.15, -0.1) is 0 Å². The van der Waals surface area contributed by atoms with E-state index in [1.807, 2.05) is 0 Å². The fourth-order valence-electron chi connectivity index (χ4n) is 2.65. The molecular formula is C20H19NO6S2. The molecule has 0 saturated heterocycles. The number of ether oxygens (including phenoxy) is 1. The molecule has 0 bridgehead atoms. The van der Waals surface area contributed by atoms with Crippen LogP contribution < -0.4 is 9.88 Å². The Morgan fingerprint density at radius 1 is 1.10 bits per heavy atom. The number of nitrogens with two attached hydrogens (primary N) is 1. The van der Waals surface area contributed by atoms with E-state index in [0.717, 1.165) is 25.0 Å². The molecule has 3 rings (SSSR count). The quantitative estimate of drug-likeness (QED) is 0.547. The third kappa shape index (κ3) is 5.03. The van der Waals surface area contributed by atoms with Crippen LogP contribution in [0.5, 0.6) is 5.75 Å². The first-order valence-corrected chi connectivity index (χ1v) is 11.9. The molecule has 0 amide bonds. The summed E-state index contributed by atoms with van der Waals surface area (Å²) in [5.41, 5.74) is 0.730. The van der Waals surface area contributed by atoms with Gasteiger partial charge in [0.2, 0.25) is 10.0 Å². The molecule has 2 aromatic rings. The molecule has 0 spiro atoms. The Morgan fingerprint density at radius 2 is 1.76 bits per heavy atom. The third-order valence-corrected chi connectivity index (χ3v) is 7.09. The maximum atomic E-state index is 12.7. The minimum atomic E-state index is -4.27. The average molecular weight is 434 g/mol. The van der Waals surface area contributed by atoms with Gasteiger partial charge in [-0.2, -0.15) is 0 Å². The molecule has 1 saturated carbocycles. The van der Waals surface area contributed by atoms with Gasteiger partial charge in [-0.3, -0.25) is 4.79 Å². The number of hydrogen-bond donors (Lipinski definition) is 1. The average Bonchev–Trinajstić information content (AvgIpc) is 3.49. The molecule has 0 aromatic heterocycles. The van der Waals surface area contributed by atoms with Crippen molar-refractivity contribution in [3.8, 4) is 17.6 Å². The molecule has 0 unspecified atom stereocenters. The van der Waals surface area contributed by atoms with Crippen LogP contribution in [0, 0.1) is 17.8 Å². The van der Waals surface area contributed by atoms with Crippen molar-refractivity contribution in [2.24, 2.45) is 11.1 Å². The zero-order chi connectivity index (χ0) is 21.2. The fraction of sp³-hybridized carbons (Fsp3) is 0.250. The maximum Gasteiger partial charge on any atom is 0.239 e. The third-order valence-electron chi connectivity index (χ3n) is 4.32. The first-order valence-electron chi connectivity index (χ1n) is 8.69. The molecule has 1 aliphatic rings. The summed E-state index contributed by atoms with van der Waals surface area (Å²) >= 11 is 0. The highest BCUT2D eigenvalue weighted by Gasteiger charge is 2.27. The summed E-state index contributed by atoms with van der Waals surface area (Å²) < 4.78 is 54.0. The lowest BCUT2D eigenvalue weighted by molar-refractivity contribution is 0.102. The number of carbonyl (C=O) groups is 1. The van der Waals surface area contributed by atoms with E-state index in [0.29, 0.717) is 17.2 Å². The number of carbonyl (C=O) groups excluding carboxylic acids is 1. The lowest BCUT2D eigenvalue weighted by atomic mass is 10.1. The zero-order valence-corrected chi connectivity index (χ0v) is 17.2. The molecule has 0 heterocycles. The molecular weight excluding hydrogens is 414 g/mol. The minimum Gasteiger partial charge on any atom is -0.495 e. The molecule has 0 atom stereocenters. The van der Waals surface area contributed by atoms with E-state index in [9.17, 15) is 21.6 Å². The summed E-state index contributed by atoms with van der Waals surface area (Å²) in [6, 6.07) is 9.42. The number of ketones is 1. The smallest absolute Gasteiger partial charge is 0.239 e. The van der Waals surface area contributed by atoms with Gasteiger partial charge >= 0.3 is 0 Å². The van der Waals surface area contributed by atoms with Crippen molar-refractivity contribution in [3.05, 3.63) is 53.6 Å². The van der Waals surface area contributed by atoms with Gasteiger partial charge in [0.15, 0.2) is 15.6 Å². The highest BCUT2D eigenvalue weighted by Crippen LogP contribution is 2.28. The van der Waals surface area contributed by atoms with Gasteiger partial charge in [0.1, 0.15) is 16.4 Å². The van der Waals surface area contributed by atoms with Crippen molar-refractivity contribution in [1.29, 1.82) is 0 Å². The number of hydrogen-bond acceptors (Lipinski definition) is 6. The van der Waals surface area contributed by atoms with Gasteiger partial charge in [-0.05, 0) is 43.2 Å². The number of sulfone groups is 1. The molecule has 1 fully saturated rings. The predicted octanol–water partition coefficient (Wildman–Crippen LogP) is 1.76. The van der Waals surface area contributed by atoms with Crippen LogP contribution in [-0.2, 0) is 19.9 Å². The van der Waals surface area contributed by atoms with Crippen molar-refractivity contribution >= 4 is 25.6 Å². The Balaban J connectivity index is 1.89. The molecule has 29 heavy (non-hydrogen) atoms. The fourth-order valence-corrected chi connectivity index (χ4v) is 5.33. The van der Waals surface area contributed by atoms with Crippen LogP contribution >= 0.6 is 0 Å². The second-order valence-electron chi connectivity index (χ2n) is 6.63. The topological polar surface area (TPSA) is 121 Å². The molecule has 9 heteroatoms. The number of rotatable bonds is 6. The lowest BCUT2D eigenvalue weighted by Crippen LogP contribution is -2.21. The molecule has 0 radical (unpaired) electrons. The van der Waals surface area contributed by atoms with Crippen LogP contribution in [0.2, 0.25) is 0 Å². The Bertz CT molecular complexity index is 1230. The normalized spacial score (nSPS) is 14.0. The van der Waals surface area contributed by atoms with Gasteiger partial charge in [0.25, 0.3) is 0 Å². The van der Waals surface area contributed by atoms with Gasteiger partial charge in [-0.1, -0.05) is 24.0 Å². The van der Waals surface area contributed by atoms with Gasteiger partial charge in [-0.25, -0.2) is 22.0 Å². The summed E-state index contributed by atoms with van der Waals surface area (Å²) in [6.45, 7) is 0. The molecule has 2 N–H and O–H groups in total.